The van der Waals surface area contributed by atoms with E-state index in [1.165, 1.54) is 12.3 Å². The maximum atomic E-state index is 10.8. The quantitative estimate of drug-likeness (QED) is 0.624. The zero-order valence-electron chi connectivity index (χ0n) is 8.90. The van der Waals surface area contributed by atoms with Gasteiger partial charge in [-0.25, -0.2) is 4.98 Å². The number of nitrogens with one attached hydrogen (secondary N) is 1. The van der Waals surface area contributed by atoms with Gasteiger partial charge in [0, 0.05) is 12.3 Å². The normalized spacial score (nSPS) is 11.2. The molecule has 0 saturated carbocycles. The summed E-state index contributed by atoms with van der Waals surface area (Å²) in [7, 11) is 0. The van der Waals surface area contributed by atoms with E-state index in [9.17, 15) is 10.1 Å². The Hall–Kier alpha value is -1.40. The summed E-state index contributed by atoms with van der Waals surface area (Å²) >= 11 is 5.62. The van der Waals surface area contributed by atoms with Crippen LogP contribution in [0.5, 0.6) is 0 Å². The average Bonchev–Trinajstić information content (AvgIpc) is 2.20. The summed E-state index contributed by atoms with van der Waals surface area (Å²) in [6.45, 7) is 3.23. The Morgan fingerprint density at radius 3 is 2.81 bits per heavy atom. The number of hydrogen-bond acceptors (Lipinski definition) is 5. The Balaban J connectivity index is 3.09. The van der Waals surface area contributed by atoms with Gasteiger partial charge in [0.1, 0.15) is 0 Å². The van der Waals surface area contributed by atoms with Crippen LogP contribution < -0.4 is 5.32 Å². The molecule has 2 N–H and O–H groups in total. The van der Waals surface area contributed by atoms with Gasteiger partial charge in [0.05, 0.1) is 22.1 Å². The van der Waals surface area contributed by atoms with E-state index in [4.69, 9.17) is 16.7 Å². The minimum atomic E-state index is -0.689. The Morgan fingerprint density at radius 2 is 2.31 bits per heavy atom. The Bertz CT molecular complexity index is 409. The third-order valence-electron chi connectivity index (χ3n) is 1.88. The van der Waals surface area contributed by atoms with Crippen LogP contribution in [0.2, 0.25) is 5.02 Å². The van der Waals surface area contributed by atoms with Crippen LogP contribution in [-0.2, 0) is 0 Å². The number of halogens is 1. The molecule has 16 heavy (non-hydrogen) atoms. The molecule has 1 aromatic rings. The first-order valence-corrected chi connectivity index (χ1v) is 4.92. The zero-order chi connectivity index (χ0) is 12.3. The van der Waals surface area contributed by atoms with E-state index in [0.29, 0.717) is 0 Å². The largest absolute Gasteiger partial charge is 0.394 e. The van der Waals surface area contributed by atoms with Gasteiger partial charge in [0.2, 0.25) is 5.82 Å². The van der Waals surface area contributed by atoms with Crippen molar-refractivity contribution in [3.05, 3.63) is 27.4 Å². The maximum absolute atomic E-state index is 10.8. The van der Waals surface area contributed by atoms with Gasteiger partial charge in [0.15, 0.2) is 0 Å². The third kappa shape index (κ3) is 3.04. The number of aromatic nitrogens is 1. The third-order valence-corrected chi connectivity index (χ3v) is 2.09. The molecule has 0 saturated heterocycles. The number of aliphatic hydroxyl groups excluding tert-OH is 1. The van der Waals surface area contributed by atoms with Gasteiger partial charge in [-0.15, -0.1) is 0 Å². The lowest BCUT2D eigenvalue weighted by molar-refractivity contribution is -0.384. The predicted octanol–water partition coefficient (Wildman–Crippen LogP) is 1.83. The lowest BCUT2D eigenvalue weighted by atomic mass is 10.1. The highest BCUT2D eigenvalue weighted by Gasteiger charge is 2.23. The van der Waals surface area contributed by atoms with Crippen LogP contribution >= 0.6 is 11.6 Å². The van der Waals surface area contributed by atoms with Crippen molar-refractivity contribution >= 4 is 23.1 Å². The fraction of sp³-hybridized carbons (Fsp3) is 0.444. The van der Waals surface area contributed by atoms with E-state index >= 15 is 0 Å². The molecular formula is C9H12ClN3O3. The van der Waals surface area contributed by atoms with Gasteiger partial charge in [-0.1, -0.05) is 11.6 Å². The molecule has 0 spiro atoms. The smallest absolute Gasteiger partial charge is 0.312 e. The van der Waals surface area contributed by atoms with E-state index in [1.54, 1.807) is 13.8 Å². The first-order chi connectivity index (χ1) is 7.35. The van der Waals surface area contributed by atoms with Crippen LogP contribution in [-0.4, -0.2) is 27.2 Å². The van der Waals surface area contributed by atoms with Crippen molar-refractivity contribution in [2.75, 3.05) is 11.9 Å². The second-order valence-corrected chi connectivity index (χ2v) is 4.38. The SMILES string of the molecule is CC(C)(CO)Nc1ncc(Cl)cc1[N+](=O)[O-]. The van der Waals surface area contributed by atoms with Crippen molar-refractivity contribution in [1.82, 2.24) is 4.98 Å². The summed E-state index contributed by atoms with van der Waals surface area (Å²) in [4.78, 5) is 14.0. The number of pyridine rings is 1. The number of nitrogens with zero attached hydrogens (tertiary/aromatic N) is 2. The Kier molecular flexibility index (Phi) is 3.66. The summed E-state index contributed by atoms with van der Waals surface area (Å²) < 4.78 is 0. The standard InChI is InChI=1S/C9H12ClN3O3/c1-9(2,5-14)12-8-7(13(15)16)3-6(10)4-11-8/h3-4,14H,5H2,1-2H3,(H,11,12). The molecule has 0 fully saturated rings. The second-order valence-electron chi connectivity index (χ2n) is 3.95. The fourth-order valence-electron chi connectivity index (χ4n) is 1.02. The molecule has 0 aliphatic rings. The lowest BCUT2D eigenvalue weighted by Gasteiger charge is -2.23. The maximum Gasteiger partial charge on any atom is 0.312 e. The fourth-order valence-corrected chi connectivity index (χ4v) is 1.18. The number of anilines is 1. The average molecular weight is 246 g/mol. The van der Waals surface area contributed by atoms with Crippen LogP contribution in [0.4, 0.5) is 11.5 Å². The molecule has 1 aromatic heterocycles. The van der Waals surface area contributed by atoms with Crippen LogP contribution in [0.3, 0.4) is 0 Å². The second kappa shape index (κ2) is 4.63. The molecular weight excluding hydrogens is 234 g/mol. The first kappa shape index (κ1) is 12.7. The molecule has 0 bridgehead atoms. The summed E-state index contributed by atoms with van der Waals surface area (Å²) in [5.41, 5.74) is -0.903. The van der Waals surface area contributed by atoms with E-state index in [0.717, 1.165) is 0 Å². The monoisotopic (exact) mass is 245 g/mol. The molecule has 0 aliphatic carbocycles. The Labute approximate surface area is 97.4 Å². The number of hydrogen-bond donors (Lipinski definition) is 2. The molecule has 1 heterocycles. The van der Waals surface area contributed by atoms with E-state index in [2.05, 4.69) is 10.3 Å². The first-order valence-electron chi connectivity index (χ1n) is 4.55. The highest BCUT2D eigenvalue weighted by Crippen LogP contribution is 2.27. The van der Waals surface area contributed by atoms with Gasteiger partial charge in [-0.2, -0.15) is 0 Å². The molecule has 0 amide bonds. The van der Waals surface area contributed by atoms with Gasteiger partial charge in [0.25, 0.3) is 0 Å². The summed E-state index contributed by atoms with van der Waals surface area (Å²) in [6.07, 6.45) is 1.31. The molecule has 0 aliphatic heterocycles. The number of rotatable bonds is 4. The topological polar surface area (TPSA) is 88.3 Å². The minimum absolute atomic E-state index is 0.0912. The van der Waals surface area contributed by atoms with Crippen molar-refractivity contribution < 1.29 is 10.0 Å². The molecule has 88 valence electrons. The van der Waals surface area contributed by atoms with Crippen molar-refractivity contribution in [3.63, 3.8) is 0 Å². The van der Waals surface area contributed by atoms with Crippen LogP contribution in [0.25, 0.3) is 0 Å². The van der Waals surface area contributed by atoms with Crippen LogP contribution in [0.1, 0.15) is 13.8 Å². The van der Waals surface area contributed by atoms with Crippen molar-refractivity contribution in [3.8, 4) is 0 Å². The van der Waals surface area contributed by atoms with E-state index in [1.807, 2.05) is 0 Å². The highest BCUT2D eigenvalue weighted by molar-refractivity contribution is 6.30. The zero-order valence-corrected chi connectivity index (χ0v) is 9.65. The van der Waals surface area contributed by atoms with Gasteiger partial charge < -0.3 is 10.4 Å². The Morgan fingerprint density at radius 1 is 1.69 bits per heavy atom. The van der Waals surface area contributed by atoms with Crippen LogP contribution in [0, 0.1) is 10.1 Å². The van der Waals surface area contributed by atoms with Gasteiger partial charge >= 0.3 is 5.69 Å². The molecule has 0 unspecified atom stereocenters. The van der Waals surface area contributed by atoms with E-state index in [-0.39, 0.29) is 23.1 Å². The predicted molar refractivity (Wildman–Crippen MR) is 60.7 cm³/mol. The minimum Gasteiger partial charge on any atom is -0.394 e. The molecule has 0 aromatic carbocycles. The highest BCUT2D eigenvalue weighted by atomic mass is 35.5. The lowest BCUT2D eigenvalue weighted by Crippen LogP contribution is -2.35. The molecule has 1 rings (SSSR count). The molecule has 6 nitrogen and oxygen atoms in total. The van der Waals surface area contributed by atoms with E-state index < -0.39 is 10.5 Å². The van der Waals surface area contributed by atoms with Crippen molar-refractivity contribution in [2.45, 2.75) is 19.4 Å². The van der Waals surface area contributed by atoms with Crippen molar-refractivity contribution in [2.24, 2.45) is 0 Å². The summed E-state index contributed by atoms with van der Waals surface area (Å²) in [5, 5.41) is 22.8. The van der Waals surface area contributed by atoms with Crippen molar-refractivity contribution in [1.29, 1.82) is 0 Å². The number of aliphatic hydroxyl groups is 1. The molecule has 7 heteroatoms. The van der Waals surface area contributed by atoms with Gasteiger partial charge in [-0.05, 0) is 13.8 Å². The molecule has 0 atom stereocenters. The van der Waals surface area contributed by atoms with Crippen LogP contribution in [0.15, 0.2) is 12.3 Å². The number of nitro groups is 1. The van der Waals surface area contributed by atoms with Gasteiger partial charge in [-0.3, -0.25) is 10.1 Å². The molecule has 0 radical (unpaired) electrons. The summed E-state index contributed by atoms with van der Waals surface area (Å²) in [6, 6.07) is 1.21. The summed E-state index contributed by atoms with van der Waals surface area (Å²) in [5.74, 6) is 0.0912.